The summed E-state index contributed by atoms with van der Waals surface area (Å²) in [5.41, 5.74) is 0. The molecule has 0 rings (SSSR count). The summed E-state index contributed by atoms with van der Waals surface area (Å²) in [7, 11) is 0. The van der Waals surface area contributed by atoms with Gasteiger partial charge in [0.1, 0.15) is 0 Å². The molecule has 0 aliphatic carbocycles. The van der Waals surface area contributed by atoms with Gasteiger partial charge in [-0.15, -0.1) is 0 Å². The zero-order chi connectivity index (χ0) is 8.53. The van der Waals surface area contributed by atoms with Crippen molar-refractivity contribution in [3.63, 3.8) is 0 Å². The Morgan fingerprint density at radius 1 is 1.36 bits per heavy atom. The van der Waals surface area contributed by atoms with Gasteiger partial charge in [0.2, 0.25) is 0 Å². The van der Waals surface area contributed by atoms with Crippen molar-refractivity contribution in [3.05, 3.63) is 12.2 Å². The second-order valence-corrected chi connectivity index (χ2v) is 2.67. The Kier molecular flexibility index (Phi) is 7.52. The summed E-state index contributed by atoms with van der Waals surface area (Å²) in [6, 6.07) is 0. The first-order valence-corrected chi connectivity index (χ1v) is 4.26. The van der Waals surface area contributed by atoms with Crippen LogP contribution in [0.4, 0.5) is 0 Å². The van der Waals surface area contributed by atoms with E-state index in [2.05, 4.69) is 6.92 Å². The molecule has 0 bridgehead atoms. The van der Waals surface area contributed by atoms with Gasteiger partial charge in [-0.3, -0.25) is 0 Å². The van der Waals surface area contributed by atoms with Gasteiger partial charge in [-0.2, -0.15) is 0 Å². The highest BCUT2D eigenvalue weighted by molar-refractivity contribution is 4.87. The molecule has 0 spiro atoms. The number of rotatable bonds is 6. The van der Waals surface area contributed by atoms with E-state index < -0.39 is 0 Å². The van der Waals surface area contributed by atoms with Gasteiger partial charge in [-0.25, -0.2) is 0 Å². The summed E-state index contributed by atoms with van der Waals surface area (Å²) >= 11 is 0. The summed E-state index contributed by atoms with van der Waals surface area (Å²) in [5, 5.41) is 17.6. The Labute approximate surface area is 68.6 Å². The zero-order valence-electron chi connectivity index (χ0n) is 7.16. The van der Waals surface area contributed by atoms with E-state index in [1.807, 2.05) is 0 Å². The molecule has 0 heterocycles. The van der Waals surface area contributed by atoms with Gasteiger partial charge in [-0.05, 0) is 6.42 Å². The van der Waals surface area contributed by atoms with Crippen LogP contribution in [0.15, 0.2) is 12.2 Å². The summed E-state index contributed by atoms with van der Waals surface area (Å²) in [6.45, 7) is 2.15. The summed E-state index contributed by atoms with van der Waals surface area (Å²) in [5.74, 6) is 0. The molecule has 2 N–H and O–H groups in total. The van der Waals surface area contributed by atoms with Crippen LogP contribution in [-0.4, -0.2) is 22.9 Å². The molecule has 0 aromatic carbocycles. The number of hydrogen-bond donors (Lipinski definition) is 2. The normalized spacial score (nSPS) is 14.1. The third-order valence-corrected chi connectivity index (χ3v) is 1.57. The van der Waals surface area contributed by atoms with E-state index in [1.54, 1.807) is 12.2 Å². The van der Waals surface area contributed by atoms with E-state index in [-0.39, 0.29) is 12.7 Å². The van der Waals surface area contributed by atoms with Crippen LogP contribution >= 0.6 is 0 Å². The van der Waals surface area contributed by atoms with Gasteiger partial charge < -0.3 is 10.2 Å². The molecule has 2 heteroatoms. The van der Waals surface area contributed by atoms with Crippen molar-refractivity contribution in [1.82, 2.24) is 0 Å². The molecule has 2 nitrogen and oxygen atoms in total. The minimum Gasteiger partial charge on any atom is -0.392 e. The molecule has 0 saturated heterocycles. The molecule has 11 heavy (non-hydrogen) atoms. The molecule has 0 aliphatic heterocycles. The Bertz CT molecular complexity index is 99.7. The SMILES string of the molecule is CCCCCC(O)/C=C\CO. The van der Waals surface area contributed by atoms with Crippen LogP contribution < -0.4 is 0 Å². The maximum atomic E-state index is 9.21. The maximum absolute atomic E-state index is 9.21. The molecule has 0 radical (unpaired) electrons. The number of unbranched alkanes of at least 4 members (excludes halogenated alkanes) is 2. The predicted molar refractivity (Wildman–Crippen MR) is 46.4 cm³/mol. The Hall–Kier alpha value is -0.340. The molecule has 0 amide bonds. The van der Waals surface area contributed by atoms with Gasteiger partial charge >= 0.3 is 0 Å². The second kappa shape index (κ2) is 7.76. The average molecular weight is 158 g/mol. The average Bonchev–Trinajstić information content (AvgIpc) is 2.01. The monoisotopic (exact) mass is 158 g/mol. The molecule has 0 aliphatic rings. The lowest BCUT2D eigenvalue weighted by atomic mass is 10.1. The highest BCUT2D eigenvalue weighted by atomic mass is 16.3. The van der Waals surface area contributed by atoms with Crippen LogP contribution in [-0.2, 0) is 0 Å². The molecular weight excluding hydrogens is 140 g/mol. The minimum absolute atomic E-state index is 0.0187. The summed E-state index contributed by atoms with van der Waals surface area (Å²) < 4.78 is 0. The highest BCUT2D eigenvalue weighted by Crippen LogP contribution is 2.03. The van der Waals surface area contributed by atoms with Crippen molar-refractivity contribution >= 4 is 0 Å². The first kappa shape index (κ1) is 10.7. The lowest BCUT2D eigenvalue weighted by molar-refractivity contribution is 0.207. The van der Waals surface area contributed by atoms with E-state index in [0.29, 0.717) is 0 Å². The van der Waals surface area contributed by atoms with Crippen LogP contribution in [0.25, 0.3) is 0 Å². The predicted octanol–water partition coefficient (Wildman–Crippen LogP) is 1.48. The molecule has 1 atom stereocenters. The quantitative estimate of drug-likeness (QED) is 0.454. The first-order chi connectivity index (χ1) is 5.31. The Morgan fingerprint density at radius 2 is 2.09 bits per heavy atom. The van der Waals surface area contributed by atoms with E-state index in [4.69, 9.17) is 5.11 Å². The molecule has 0 fully saturated rings. The minimum atomic E-state index is -0.367. The maximum Gasteiger partial charge on any atom is 0.0721 e. The molecule has 66 valence electrons. The topological polar surface area (TPSA) is 40.5 Å². The lowest BCUT2D eigenvalue weighted by Crippen LogP contribution is -2.01. The van der Waals surface area contributed by atoms with Gasteiger partial charge in [0.25, 0.3) is 0 Å². The Balaban J connectivity index is 3.21. The third-order valence-electron chi connectivity index (χ3n) is 1.57. The van der Waals surface area contributed by atoms with Gasteiger partial charge in [-0.1, -0.05) is 38.3 Å². The summed E-state index contributed by atoms with van der Waals surface area (Å²) in [4.78, 5) is 0. The molecule has 1 unspecified atom stereocenters. The Morgan fingerprint density at radius 3 is 2.64 bits per heavy atom. The number of aliphatic hydroxyl groups excluding tert-OH is 2. The largest absolute Gasteiger partial charge is 0.392 e. The van der Waals surface area contributed by atoms with Crippen molar-refractivity contribution in [3.8, 4) is 0 Å². The standard InChI is InChI=1S/C9H18O2/c1-2-3-4-6-9(11)7-5-8-10/h5,7,9-11H,2-4,6,8H2,1H3/b7-5-. The first-order valence-electron chi connectivity index (χ1n) is 4.26. The van der Waals surface area contributed by atoms with Crippen LogP contribution in [0.5, 0.6) is 0 Å². The van der Waals surface area contributed by atoms with E-state index in [1.165, 1.54) is 12.8 Å². The summed E-state index contributed by atoms with van der Waals surface area (Å²) in [6.07, 6.45) is 7.08. The van der Waals surface area contributed by atoms with Crippen molar-refractivity contribution < 1.29 is 10.2 Å². The van der Waals surface area contributed by atoms with Crippen LogP contribution in [0.3, 0.4) is 0 Å². The second-order valence-electron chi connectivity index (χ2n) is 2.67. The van der Waals surface area contributed by atoms with Crippen LogP contribution in [0, 0.1) is 0 Å². The van der Waals surface area contributed by atoms with Crippen LogP contribution in [0.1, 0.15) is 32.6 Å². The van der Waals surface area contributed by atoms with Crippen molar-refractivity contribution in [2.24, 2.45) is 0 Å². The smallest absolute Gasteiger partial charge is 0.0721 e. The van der Waals surface area contributed by atoms with Gasteiger partial charge in [0.05, 0.1) is 12.7 Å². The third kappa shape index (κ3) is 7.56. The van der Waals surface area contributed by atoms with Gasteiger partial charge in [0.15, 0.2) is 0 Å². The highest BCUT2D eigenvalue weighted by Gasteiger charge is 1.96. The zero-order valence-corrected chi connectivity index (χ0v) is 7.16. The number of aliphatic hydroxyl groups is 2. The molecule has 0 aromatic heterocycles. The lowest BCUT2D eigenvalue weighted by Gasteiger charge is -2.03. The van der Waals surface area contributed by atoms with Crippen molar-refractivity contribution in [2.75, 3.05) is 6.61 Å². The van der Waals surface area contributed by atoms with E-state index in [0.717, 1.165) is 12.8 Å². The van der Waals surface area contributed by atoms with E-state index in [9.17, 15) is 5.11 Å². The fourth-order valence-electron chi connectivity index (χ4n) is 0.918. The van der Waals surface area contributed by atoms with Crippen molar-refractivity contribution in [1.29, 1.82) is 0 Å². The van der Waals surface area contributed by atoms with Crippen molar-refractivity contribution in [2.45, 2.75) is 38.7 Å². The molecular formula is C9H18O2. The van der Waals surface area contributed by atoms with Crippen LogP contribution in [0.2, 0.25) is 0 Å². The molecule has 0 aromatic rings. The van der Waals surface area contributed by atoms with Gasteiger partial charge in [0, 0.05) is 0 Å². The fraction of sp³-hybridized carbons (Fsp3) is 0.778. The molecule has 0 saturated carbocycles. The number of hydrogen-bond acceptors (Lipinski definition) is 2. The fourth-order valence-corrected chi connectivity index (χ4v) is 0.918. The van der Waals surface area contributed by atoms with E-state index >= 15 is 0 Å².